The first-order valence-electron chi connectivity index (χ1n) is 7.86. The predicted octanol–water partition coefficient (Wildman–Crippen LogP) is 4.06. The molecule has 0 aliphatic rings. The van der Waals surface area contributed by atoms with Gasteiger partial charge in [0.2, 0.25) is 0 Å². The van der Waals surface area contributed by atoms with Crippen molar-refractivity contribution in [3.63, 3.8) is 0 Å². The van der Waals surface area contributed by atoms with E-state index in [9.17, 15) is 0 Å². The van der Waals surface area contributed by atoms with Gasteiger partial charge >= 0.3 is 0 Å². The molecule has 0 spiro atoms. The summed E-state index contributed by atoms with van der Waals surface area (Å²) in [6.45, 7) is 17.3. The Labute approximate surface area is 116 Å². The summed E-state index contributed by atoms with van der Waals surface area (Å²) in [5.74, 6) is 0. The van der Waals surface area contributed by atoms with Gasteiger partial charge in [-0.25, -0.2) is 0 Å². The van der Waals surface area contributed by atoms with Crippen molar-refractivity contribution in [3.8, 4) is 0 Å². The molecule has 2 heteroatoms. The number of nitrogens with zero attached hydrogens (tertiary/aromatic N) is 1. The third-order valence-corrected chi connectivity index (χ3v) is 3.27. The second kappa shape index (κ2) is 9.80. The molecule has 0 bridgehead atoms. The summed E-state index contributed by atoms with van der Waals surface area (Å²) in [6, 6.07) is 0.701. The highest BCUT2D eigenvalue weighted by Gasteiger charge is 2.08. The summed E-state index contributed by atoms with van der Waals surface area (Å²) in [6.07, 6.45) is 6.67. The van der Waals surface area contributed by atoms with E-state index in [4.69, 9.17) is 0 Å². The molecule has 0 rings (SSSR count). The maximum absolute atomic E-state index is 3.55. The third-order valence-electron chi connectivity index (χ3n) is 3.27. The summed E-state index contributed by atoms with van der Waals surface area (Å²) < 4.78 is 0. The van der Waals surface area contributed by atoms with E-state index in [0.717, 1.165) is 6.54 Å². The summed E-state index contributed by atoms with van der Waals surface area (Å²) >= 11 is 0. The molecule has 18 heavy (non-hydrogen) atoms. The van der Waals surface area contributed by atoms with Crippen LogP contribution in [0.15, 0.2) is 0 Å². The molecule has 2 nitrogen and oxygen atoms in total. The van der Waals surface area contributed by atoms with E-state index in [-0.39, 0.29) is 5.54 Å². The number of rotatable bonds is 10. The molecule has 0 aromatic carbocycles. The van der Waals surface area contributed by atoms with E-state index in [1.165, 1.54) is 45.2 Å². The van der Waals surface area contributed by atoms with Gasteiger partial charge < -0.3 is 10.2 Å². The molecule has 0 saturated carbocycles. The van der Waals surface area contributed by atoms with E-state index in [0.29, 0.717) is 6.04 Å². The van der Waals surface area contributed by atoms with Crippen LogP contribution in [-0.4, -0.2) is 36.1 Å². The first-order valence-corrected chi connectivity index (χ1v) is 7.86. The Hall–Kier alpha value is -0.0800. The fourth-order valence-electron chi connectivity index (χ4n) is 2.17. The Morgan fingerprint density at radius 1 is 0.944 bits per heavy atom. The quantitative estimate of drug-likeness (QED) is 0.593. The molecule has 0 heterocycles. The van der Waals surface area contributed by atoms with Crippen molar-refractivity contribution in [3.05, 3.63) is 0 Å². The van der Waals surface area contributed by atoms with Gasteiger partial charge in [0.25, 0.3) is 0 Å². The molecule has 0 fully saturated rings. The van der Waals surface area contributed by atoms with Gasteiger partial charge in [0.15, 0.2) is 0 Å². The Morgan fingerprint density at radius 3 is 2.06 bits per heavy atom. The highest BCUT2D eigenvalue weighted by atomic mass is 15.1. The summed E-state index contributed by atoms with van der Waals surface area (Å²) in [5.41, 5.74) is 0.273. The second-order valence-electron chi connectivity index (χ2n) is 6.72. The average molecular weight is 256 g/mol. The number of nitrogens with one attached hydrogen (secondary N) is 1. The summed E-state index contributed by atoms with van der Waals surface area (Å²) in [7, 11) is 0. The van der Waals surface area contributed by atoms with Gasteiger partial charge in [-0.2, -0.15) is 0 Å². The molecular formula is C16H36N2. The van der Waals surface area contributed by atoms with Crippen molar-refractivity contribution in [2.24, 2.45) is 0 Å². The molecule has 0 unspecified atom stereocenters. The lowest BCUT2D eigenvalue weighted by molar-refractivity contribution is 0.217. The first-order chi connectivity index (χ1) is 8.37. The SMILES string of the molecule is CCCN(CCCCCCNC(C)(C)C)C(C)C. The van der Waals surface area contributed by atoms with Crippen LogP contribution in [0.5, 0.6) is 0 Å². The van der Waals surface area contributed by atoms with E-state index >= 15 is 0 Å². The molecule has 0 aliphatic heterocycles. The Bertz CT molecular complexity index is 182. The lowest BCUT2D eigenvalue weighted by Crippen LogP contribution is -2.36. The zero-order chi connectivity index (χ0) is 14.0. The van der Waals surface area contributed by atoms with Gasteiger partial charge in [-0.3, -0.25) is 0 Å². The van der Waals surface area contributed by atoms with Crippen LogP contribution in [0.1, 0.15) is 73.6 Å². The zero-order valence-corrected chi connectivity index (χ0v) is 13.7. The lowest BCUT2D eigenvalue weighted by Gasteiger charge is -2.25. The fraction of sp³-hybridized carbons (Fsp3) is 1.00. The molecule has 0 atom stereocenters. The fourth-order valence-corrected chi connectivity index (χ4v) is 2.17. The molecule has 110 valence electrons. The van der Waals surface area contributed by atoms with Crippen molar-refractivity contribution in [1.29, 1.82) is 0 Å². The summed E-state index contributed by atoms with van der Waals surface area (Å²) in [4.78, 5) is 2.60. The van der Waals surface area contributed by atoms with Crippen LogP contribution in [0, 0.1) is 0 Å². The van der Waals surface area contributed by atoms with Gasteiger partial charge in [0.05, 0.1) is 0 Å². The van der Waals surface area contributed by atoms with Crippen molar-refractivity contribution in [1.82, 2.24) is 10.2 Å². The lowest BCUT2D eigenvalue weighted by atomic mass is 10.1. The van der Waals surface area contributed by atoms with Crippen molar-refractivity contribution in [2.45, 2.75) is 85.2 Å². The molecule has 1 N–H and O–H groups in total. The van der Waals surface area contributed by atoms with Crippen LogP contribution in [-0.2, 0) is 0 Å². The van der Waals surface area contributed by atoms with Crippen LogP contribution in [0.3, 0.4) is 0 Å². The molecule has 0 aliphatic carbocycles. The first kappa shape index (κ1) is 17.9. The van der Waals surface area contributed by atoms with Crippen LogP contribution >= 0.6 is 0 Å². The predicted molar refractivity (Wildman–Crippen MR) is 83.2 cm³/mol. The van der Waals surface area contributed by atoms with Crippen molar-refractivity contribution >= 4 is 0 Å². The van der Waals surface area contributed by atoms with Crippen LogP contribution in [0.4, 0.5) is 0 Å². The van der Waals surface area contributed by atoms with Crippen molar-refractivity contribution in [2.75, 3.05) is 19.6 Å². The van der Waals surface area contributed by atoms with Crippen LogP contribution in [0.25, 0.3) is 0 Å². The molecule has 0 saturated heterocycles. The molecule has 0 radical (unpaired) electrons. The molecule has 0 aromatic heterocycles. The van der Waals surface area contributed by atoms with Gasteiger partial charge in [-0.15, -0.1) is 0 Å². The van der Waals surface area contributed by atoms with Crippen molar-refractivity contribution < 1.29 is 0 Å². The third kappa shape index (κ3) is 11.0. The minimum absolute atomic E-state index is 0.273. The van der Waals surface area contributed by atoms with Gasteiger partial charge in [0.1, 0.15) is 0 Å². The standard InChI is InChI=1S/C16H36N2/c1-7-13-18(15(2)3)14-11-9-8-10-12-17-16(4,5)6/h15,17H,7-14H2,1-6H3. The Balaban J connectivity index is 3.43. The molecule has 0 aromatic rings. The Morgan fingerprint density at radius 2 is 1.56 bits per heavy atom. The number of hydrogen-bond acceptors (Lipinski definition) is 2. The summed E-state index contributed by atoms with van der Waals surface area (Å²) in [5, 5.41) is 3.55. The van der Waals surface area contributed by atoms with E-state index in [2.05, 4.69) is 51.8 Å². The van der Waals surface area contributed by atoms with Gasteiger partial charge in [-0.1, -0.05) is 19.8 Å². The maximum atomic E-state index is 3.55. The van der Waals surface area contributed by atoms with E-state index < -0.39 is 0 Å². The van der Waals surface area contributed by atoms with E-state index in [1.807, 2.05) is 0 Å². The molecular weight excluding hydrogens is 220 g/mol. The largest absolute Gasteiger partial charge is 0.312 e. The minimum atomic E-state index is 0.273. The average Bonchev–Trinajstić information content (AvgIpc) is 2.24. The van der Waals surface area contributed by atoms with Crippen LogP contribution < -0.4 is 5.32 Å². The monoisotopic (exact) mass is 256 g/mol. The molecule has 0 amide bonds. The van der Waals surface area contributed by atoms with Gasteiger partial charge in [0, 0.05) is 11.6 Å². The van der Waals surface area contributed by atoms with E-state index in [1.54, 1.807) is 0 Å². The number of unbranched alkanes of at least 4 members (excludes halogenated alkanes) is 3. The minimum Gasteiger partial charge on any atom is -0.312 e. The maximum Gasteiger partial charge on any atom is 0.00965 e. The smallest absolute Gasteiger partial charge is 0.00965 e. The zero-order valence-electron chi connectivity index (χ0n) is 13.7. The highest BCUT2D eigenvalue weighted by molar-refractivity contribution is 4.69. The highest BCUT2D eigenvalue weighted by Crippen LogP contribution is 2.06. The Kier molecular flexibility index (Phi) is 9.76. The van der Waals surface area contributed by atoms with Gasteiger partial charge in [-0.05, 0) is 73.5 Å². The normalized spacial score (nSPS) is 12.7. The number of hydrogen-bond donors (Lipinski definition) is 1. The topological polar surface area (TPSA) is 15.3 Å². The van der Waals surface area contributed by atoms with Crippen LogP contribution in [0.2, 0.25) is 0 Å². The second-order valence-corrected chi connectivity index (χ2v) is 6.72.